The van der Waals surface area contributed by atoms with Gasteiger partial charge >= 0.3 is 0 Å². The summed E-state index contributed by atoms with van der Waals surface area (Å²) in [5.74, 6) is 0.0828. The lowest BCUT2D eigenvalue weighted by Crippen LogP contribution is -2.46. The number of carbonyl (C=O) groups excluding carboxylic acids is 1. The molecule has 0 saturated carbocycles. The van der Waals surface area contributed by atoms with Crippen LogP contribution < -0.4 is 5.32 Å². The van der Waals surface area contributed by atoms with Gasteiger partial charge < -0.3 is 4.90 Å². The summed E-state index contributed by atoms with van der Waals surface area (Å²) in [4.78, 5) is 14.3. The first kappa shape index (κ1) is 17.7. The van der Waals surface area contributed by atoms with E-state index in [2.05, 4.69) is 11.9 Å². The van der Waals surface area contributed by atoms with Gasteiger partial charge in [0.05, 0.1) is 6.04 Å². The highest BCUT2D eigenvalue weighted by Crippen LogP contribution is 2.22. The second kappa shape index (κ2) is 8.20. The average molecular weight is 309 g/mol. The number of amides is 1. The van der Waals surface area contributed by atoms with Gasteiger partial charge in [-0.2, -0.15) is 0 Å². The smallest absolute Gasteiger partial charge is 0.239 e. The van der Waals surface area contributed by atoms with E-state index in [1.54, 1.807) is 4.90 Å². The third-order valence-corrected chi connectivity index (χ3v) is 3.74. The predicted molar refractivity (Wildman–Crippen MR) is 89.5 cm³/mol. The summed E-state index contributed by atoms with van der Waals surface area (Å²) < 4.78 is 0. The van der Waals surface area contributed by atoms with Crippen LogP contribution in [0.4, 0.5) is 0 Å². The summed E-state index contributed by atoms with van der Waals surface area (Å²) in [6.07, 6.45) is 0. The molecule has 0 radical (unpaired) electrons. The van der Waals surface area contributed by atoms with Gasteiger partial charge in [0.15, 0.2) is 0 Å². The summed E-state index contributed by atoms with van der Waals surface area (Å²) in [7, 11) is 0. The van der Waals surface area contributed by atoms with Gasteiger partial charge in [-0.05, 0) is 39.3 Å². The Kier molecular flexibility index (Phi) is 6.93. The Morgan fingerprint density at radius 2 is 2.00 bits per heavy atom. The maximum absolute atomic E-state index is 12.5. The van der Waals surface area contributed by atoms with Crippen molar-refractivity contribution in [2.24, 2.45) is 0 Å². The molecule has 0 heterocycles. The summed E-state index contributed by atoms with van der Waals surface area (Å²) in [6, 6.07) is 7.44. The summed E-state index contributed by atoms with van der Waals surface area (Å²) in [5, 5.41) is 4.03. The van der Waals surface area contributed by atoms with Gasteiger partial charge in [0.2, 0.25) is 5.91 Å². The molecule has 1 aromatic carbocycles. The van der Waals surface area contributed by atoms with Crippen LogP contribution in [0.25, 0.3) is 0 Å². The number of rotatable bonds is 7. The van der Waals surface area contributed by atoms with Crippen molar-refractivity contribution >= 4 is 17.5 Å². The Morgan fingerprint density at radius 3 is 2.52 bits per heavy atom. The Labute approximate surface area is 133 Å². The molecule has 0 spiro atoms. The van der Waals surface area contributed by atoms with Crippen LogP contribution in [0, 0.1) is 0 Å². The minimum atomic E-state index is -0.268. The van der Waals surface area contributed by atoms with Gasteiger partial charge in [0, 0.05) is 24.2 Å². The van der Waals surface area contributed by atoms with Crippen LogP contribution in [0.15, 0.2) is 36.4 Å². The molecule has 2 unspecified atom stereocenters. The number of nitrogens with zero attached hydrogens (tertiary/aromatic N) is 1. The minimum absolute atomic E-state index is 0.0150. The molecule has 0 fully saturated rings. The van der Waals surface area contributed by atoms with Crippen molar-refractivity contribution in [3.8, 4) is 0 Å². The van der Waals surface area contributed by atoms with Gasteiger partial charge in [-0.15, -0.1) is 0 Å². The van der Waals surface area contributed by atoms with Crippen molar-refractivity contribution in [2.45, 2.75) is 39.8 Å². The molecule has 21 heavy (non-hydrogen) atoms. The first-order chi connectivity index (χ1) is 9.86. The SMILES string of the molecule is C=C(C)CN(CC)C(=O)C(C)NC(C)c1ccccc1Cl. The molecule has 0 aromatic heterocycles. The third-order valence-electron chi connectivity index (χ3n) is 3.40. The van der Waals surface area contributed by atoms with Crippen molar-refractivity contribution in [1.29, 1.82) is 0 Å². The Balaban J connectivity index is 2.71. The number of nitrogens with one attached hydrogen (secondary N) is 1. The average Bonchev–Trinajstić information content (AvgIpc) is 2.44. The predicted octanol–water partition coefficient (Wildman–Crippen LogP) is 3.80. The van der Waals surface area contributed by atoms with Crippen molar-refractivity contribution in [3.05, 3.63) is 47.0 Å². The second-order valence-electron chi connectivity index (χ2n) is 5.44. The molecular weight excluding hydrogens is 284 g/mol. The van der Waals surface area contributed by atoms with Gasteiger partial charge in [-0.3, -0.25) is 10.1 Å². The fraction of sp³-hybridized carbons (Fsp3) is 0.471. The summed E-state index contributed by atoms with van der Waals surface area (Å²) >= 11 is 6.19. The number of hydrogen-bond acceptors (Lipinski definition) is 2. The van der Waals surface area contributed by atoms with Crippen LogP contribution in [-0.4, -0.2) is 29.9 Å². The number of carbonyl (C=O) groups is 1. The van der Waals surface area contributed by atoms with E-state index in [0.717, 1.165) is 11.1 Å². The summed E-state index contributed by atoms with van der Waals surface area (Å²) in [5.41, 5.74) is 1.98. The standard InChI is InChI=1S/C17H25ClN2O/c1-6-20(11-12(2)3)17(21)14(5)19-13(4)15-9-7-8-10-16(15)18/h7-10,13-14,19H,2,6,11H2,1,3-5H3. The highest BCUT2D eigenvalue weighted by atomic mass is 35.5. The molecule has 1 N–H and O–H groups in total. The molecule has 1 aromatic rings. The Bertz CT molecular complexity index is 501. The third kappa shape index (κ3) is 5.18. The molecule has 116 valence electrons. The molecule has 2 atom stereocenters. The Hall–Kier alpha value is -1.32. The molecule has 1 amide bonds. The molecule has 0 aliphatic carbocycles. The number of benzene rings is 1. The highest BCUT2D eigenvalue weighted by Gasteiger charge is 2.21. The largest absolute Gasteiger partial charge is 0.338 e. The van der Waals surface area contributed by atoms with Crippen molar-refractivity contribution in [2.75, 3.05) is 13.1 Å². The monoisotopic (exact) mass is 308 g/mol. The van der Waals surface area contributed by atoms with Crippen molar-refractivity contribution in [3.63, 3.8) is 0 Å². The van der Waals surface area contributed by atoms with Crippen LogP contribution in [0.5, 0.6) is 0 Å². The molecule has 0 aliphatic rings. The van der Waals surface area contributed by atoms with Crippen LogP contribution in [0.1, 0.15) is 39.3 Å². The van der Waals surface area contributed by atoms with Gasteiger partial charge in [-0.25, -0.2) is 0 Å². The molecule has 4 heteroatoms. The number of halogens is 1. The van der Waals surface area contributed by atoms with E-state index in [1.807, 2.05) is 52.0 Å². The summed E-state index contributed by atoms with van der Waals surface area (Å²) in [6.45, 7) is 13.0. The van der Waals surface area contributed by atoms with Crippen LogP contribution in [-0.2, 0) is 4.79 Å². The molecule has 3 nitrogen and oxygen atoms in total. The maximum atomic E-state index is 12.5. The zero-order valence-corrected chi connectivity index (χ0v) is 14.1. The van der Waals surface area contributed by atoms with E-state index in [9.17, 15) is 4.79 Å². The fourth-order valence-electron chi connectivity index (χ4n) is 2.31. The van der Waals surface area contributed by atoms with Crippen LogP contribution in [0.2, 0.25) is 5.02 Å². The van der Waals surface area contributed by atoms with Crippen molar-refractivity contribution in [1.82, 2.24) is 10.2 Å². The quantitative estimate of drug-likeness (QED) is 0.777. The van der Waals surface area contributed by atoms with Gasteiger partial charge in [0.25, 0.3) is 0 Å². The van der Waals surface area contributed by atoms with Crippen molar-refractivity contribution < 1.29 is 4.79 Å². The topological polar surface area (TPSA) is 32.3 Å². The van der Waals surface area contributed by atoms with Gasteiger partial charge in [-0.1, -0.05) is 42.0 Å². The zero-order valence-electron chi connectivity index (χ0n) is 13.3. The Morgan fingerprint density at radius 1 is 1.38 bits per heavy atom. The number of likely N-dealkylation sites (N-methyl/N-ethyl adjacent to an activating group) is 1. The molecule has 0 saturated heterocycles. The normalized spacial score (nSPS) is 13.6. The first-order valence-corrected chi connectivity index (χ1v) is 7.68. The fourth-order valence-corrected chi connectivity index (χ4v) is 2.61. The van der Waals surface area contributed by atoms with E-state index in [1.165, 1.54) is 0 Å². The van der Waals surface area contributed by atoms with Crippen LogP contribution >= 0.6 is 11.6 Å². The van der Waals surface area contributed by atoms with E-state index < -0.39 is 0 Å². The second-order valence-corrected chi connectivity index (χ2v) is 5.85. The van der Waals surface area contributed by atoms with Crippen LogP contribution in [0.3, 0.4) is 0 Å². The minimum Gasteiger partial charge on any atom is -0.338 e. The zero-order chi connectivity index (χ0) is 16.0. The molecular formula is C17H25ClN2O. The lowest BCUT2D eigenvalue weighted by molar-refractivity contribution is -0.132. The van der Waals surface area contributed by atoms with E-state index in [0.29, 0.717) is 18.1 Å². The first-order valence-electron chi connectivity index (χ1n) is 7.30. The van der Waals surface area contributed by atoms with E-state index in [-0.39, 0.29) is 18.0 Å². The highest BCUT2D eigenvalue weighted by molar-refractivity contribution is 6.31. The molecule has 0 aliphatic heterocycles. The molecule has 1 rings (SSSR count). The lowest BCUT2D eigenvalue weighted by Gasteiger charge is -2.27. The van der Waals surface area contributed by atoms with Gasteiger partial charge in [0.1, 0.15) is 0 Å². The van der Waals surface area contributed by atoms with E-state index >= 15 is 0 Å². The molecule has 0 bridgehead atoms. The lowest BCUT2D eigenvalue weighted by atomic mass is 10.1. The maximum Gasteiger partial charge on any atom is 0.239 e. The van der Waals surface area contributed by atoms with E-state index in [4.69, 9.17) is 11.6 Å². The number of hydrogen-bond donors (Lipinski definition) is 1.